The van der Waals surface area contributed by atoms with Crippen LogP contribution in [-0.2, 0) is 6.18 Å². The van der Waals surface area contributed by atoms with Gasteiger partial charge >= 0.3 is 6.18 Å². The lowest BCUT2D eigenvalue weighted by Gasteiger charge is -2.09. The number of halogens is 3. The number of aromatic nitrogens is 2. The Balaban J connectivity index is 1.92. The van der Waals surface area contributed by atoms with Gasteiger partial charge in [-0.15, -0.1) is 0 Å². The molecule has 0 aliphatic rings. The van der Waals surface area contributed by atoms with E-state index < -0.39 is 17.6 Å². The SMILES string of the molecule is Cc1cc(C(=O)Nc2ccc(C(F)(F)F)cc2)c2c(C)noc2n1. The van der Waals surface area contributed by atoms with Gasteiger partial charge in [0.05, 0.1) is 22.2 Å². The van der Waals surface area contributed by atoms with E-state index in [1.165, 1.54) is 12.1 Å². The van der Waals surface area contributed by atoms with Gasteiger partial charge in [-0.1, -0.05) is 5.16 Å². The Kier molecular flexibility index (Phi) is 3.75. The summed E-state index contributed by atoms with van der Waals surface area (Å²) in [5, 5.41) is 6.83. The standard InChI is InChI=1S/C16H12F3N3O2/c1-8-7-12(13-9(2)22-24-15(13)20-8)14(23)21-11-5-3-10(4-6-11)16(17,18)19/h3-7H,1-2H3,(H,21,23). The first-order chi connectivity index (χ1) is 11.3. The van der Waals surface area contributed by atoms with Crippen LogP contribution in [0.5, 0.6) is 0 Å². The monoisotopic (exact) mass is 335 g/mol. The molecule has 0 bridgehead atoms. The minimum Gasteiger partial charge on any atom is -0.336 e. The van der Waals surface area contributed by atoms with Crippen LogP contribution in [0.2, 0.25) is 0 Å². The van der Waals surface area contributed by atoms with Gasteiger partial charge in [0.2, 0.25) is 0 Å². The first kappa shape index (κ1) is 16.0. The van der Waals surface area contributed by atoms with Crippen molar-refractivity contribution in [3.05, 3.63) is 52.8 Å². The van der Waals surface area contributed by atoms with Crippen LogP contribution in [0, 0.1) is 13.8 Å². The maximum absolute atomic E-state index is 12.6. The summed E-state index contributed by atoms with van der Waals surface area (Å²) in [7, 11) is 0. The molecule has 0 unspecified atom stereocenters. The quantitative estimate of drug-likeness (QED) is 0.765. The molecule has 0 saturated heterocycles. The summed E-state index contributed by atoms with van der Waals surface area (Å²) in [6, 6.07) is 5.80. The van der Waals surface area contributed by atoms with Crippen LogP contribution in [0.4, 0.5) is 18.9 Å². The number of carbonyl (C=O) groups excluding carboxylic acids is 1. The molecule has 1 amide bonds. The van der Waals surface area contributed by atoms with Crippen molar-refractivity contribution in [1.29, 1.82) is 0 Å². The van der Waals surface area contributed by atoms with Crippen LogP contribution in [0.3, 0.4) is 0 Å². The normalized spacial score (nSPS) is 11.7. The summed E-state index contributed by atoms with van der Waals surface area (Å²) >= 11 is 0. The van der Waals surface area contributed by atoms with Gasteiger partial charge in [-0.2, -0.15) is 13.2 Å². The lowest BCUT2D eigenvalue weighted by Crippen LogP contribution is -2.13. The van der Waals surface area contributed by atoms with Gasteiger partial charge in [0.25, 0.3) is 11.6 Å². The molecule has 0 fully saturated rings. The van der Waals surface area contributed by atoms with Crippen molar-refractivity contribution in [2.75, 3.05) is 5.32 Å². The number of hydrogen-bond donors (Lipinski definition) is 1. The Bertz CT molecular complexity index is 915. The number of amides is 1. The molecule has 1 aromatic carbocycles. The zero-order chi connectivity index (χ0) is 17.5. The number of nitrogens with zero attached hydrogens (tertiary/aromatic N) is 2. The van der Waals surface area contributed by atoms with E-state index in [-0.39, 0.29) is 11.4 Å². The highest BCUT2D eigenvalue weighted by Gasteiger charge is 2.30. The molecule has 0 saturated carbocycles. The number of aryl methyl sites for hydroxylation is 2. The highest BCUT2D eigenvalue weighted by molar-refractivity contribution is 6.12. The van der Waals surface area contributed by atoms with Crippen LogP contribution in [0.15, 0.2) is 34.9 Å². The maximum atomic E-state index is 12.6. The van der Waals surface area contributed by atoms with Gasteiger partial charge in [0, 0.05) is 11.4 Å². The Hall–Kier alpha value is -2.90. The predicted molar refractivity (Wildman–Crippen MR) is 80.7 cm³/mol. The first-order valence-electron chi connectivity index (χ1n) is 6.98. The van der Waals surface area contributed by atoms with Crippen LogP contribution >= 0.6 is 0 Å². The van der Waals surface area contributed by atoms with Gasteiger partial charge in [-0.05, 0) is 44.2 Å². The molecular weight excluding hydrogens is 323 g/mol. The summed E-state index contributed by atoms with van der Waals surface area (Å²) in [6.07, 6.45) is -4.42. The van der Waals surface area contributed by atoms with Gasteiger partial charge < -0.3 is 9.84 Å². The lowest BCUT2D eigenvalue weighted by atomic mass is 10.1. The maximum Gasteiger partial charge on any atom is 0.416 e. The lowest BCUT2D eigenvalue weighted by molar-refractivity contribution is -0.137. The average Bonchev–Trinajstić information content (AvgIpc) is 2.87. The zero-order valence-electron chi connectivity index (χ0n) is 12.7. The largest absolute Gasteiger partial charge is 0.416 e. The predicted octanol–water partition coefficient (Wildman–Crippen LogP) is 4.11. The van der Waals surface area contributed by atoms with Crippen molar-refractivity contribution in [3.63, 3.8) is 0 Å². The fourth-order valence-corrected chi connectivity index (χ4v) is 2.34. The number of pyridine rings is 1. The minimum atomic E-state index is -4.42. The Morgan fingerprint density at radius 1 is 1.17 bits per heavy atom. The number of alkyl halides is 3. The number of benzene rings is 1. The van der Waals surface area contributed by atoms with E-state index in [1.807, 2.05) is 0 Å². The van der Waals surface area contributed by atoms with E-state index >= 15 is 0 Å². The Morgan fingerprint density at radius 2 is 1.83 bits per heavy atom. The van der Waals surface area contributed by atoms with Gasteiger partial charge in [-0.25, -0.2) is 4.98 Å². The second-order valence-electron chi connectivity index (χ2n) is 5.29. The van der Waals surface area contributed by atoms with E-state index in [4.69, 9.17) is 4.52 Å². The number of nitrogens with one attached hydrogen (secondary N) is 1. The molecule has 5 nitrogen and oxygen atoms in total. The van der Waals surface area contributed by atoms with Crippen molar-refractivity contribution in [1.82, 2.24) is 10.1 Å². The molecule has 0 radical (unpaired) electrons. The van der Waals surface area contributed by atoms with Crippen LogP contribution < -0.4 is 5.32 Å². The summed E-state index contributed by atoms with van der Waals surface area (Å²) in [6.45, 7) is 3.38. The zero-order valence-corrected chi connectivity index (χ0v) is 12.7. The molecule has 0 aliphatic heterocycles. The number of fused-ring (bicyclic) bond motifs is 1. The Labute approximate surface area is 134 Å². The molecule has 0 atom stereocenters. The van der Waals surface area contributed by atoms with Crippen LogP contribution in [0.25, 0.3) is 11.1 Å². The average molecular weight is 335 g/mol. The smallest absolute Gasteiger partial charge is 0.336 e. The molecule has 3 aromatic rings. The molecule has 0 aliphatic carbocycles. The van der Waals surface area contributed by atoms with Crippen molar-refractivity contribution >= 4 is 22.7 Å². The molecule has 1 N–H and O–H groups in total. The van der Waals surface area contributed by atoms with E-state index in [0.717, 1.165) is 12.1 Å². The number of carbonyl (C=O) groups is 1. The van der Waals surface area contributed by atoms with E-state index in [2.05, 4.69) is 15.5 Å². The number of rotatable bonds is 2. The molecule has 24 heavy (non-hydrogen) atoms. The van der Waals surface area contributed by atoms with Gasteiger partial charge in [-0.3, -0.25) is 4.79 Å². The van der Waals surface area contributed by atoms with Crippen molar-refractivity contribution in [2.24, 2.45) is 0 Å². The highest BCUT2D eigenvalue weighted by atomic mass is 19.4. The van der Waals surface area contributed by atoms with Crippen molar-refractivity contribution < 1.29 is 22.5 Å². The van der Waals surface area contributed by atoms with Crippen molar-refractivity contribution in [2.45, 2.75) is 20.0 Å². The second-order valence-corrected chi connectivity index (χ2v) is 5.29. The molecule has 2 heterocycles. The molecule has 124 valence electrons. The number of anilines is 1. The number of hydrogen-bond acceptors (Lipinski definition) is 4. The fourth-order valence-electron chi connectivity index (χ4n) is 2.34. The van der Waals surface area contributed by atoms with Gasteiger partial charge in [0.15, 0.2) is 0 Å². The fraction of sp³-hybridized carbons (Fsp3) is 0.188. The van der Waals surface area contributed by atoms with E-state index in [0.29, 0.717) is 22.3 Å². The molecule has 8 heteroatoms. The van der Waals surface area contributed by atoms with E-state index in [9.17, 15) is 18.0 Å². The van der Waals surface area contributed by atoms with Crippen LogP contribution in [0.1, 0.15) is 27.3 Å². The van der Waals surface area contributed by atoms with Gasteiger partial charge in [0.1, 0.15) is 0 Å². The third-order valence-electron chi connectivity index (χ3n) is 3.46. The van der Waals surface area contributed by atoms with Crippen molar-refractivity contribution in [3.8, 4) is 0 Å². The molecular formula is C16H12F3N3O2. The summed E-state index contributed by atoms with van der Waals surface area (Å²) < 4.78 is 42.7. The Morgan fingerprint density at radius 3 is 2.46 bits per heavy atom. The highest BCUT2D eigenvalue weighted by Crippen LogP contribution is 2.30. The third-order valence-corrected chi connectivity index (χ3v) is 3.46. The molecule has 3 rings (SSSR count). The third kappa shape index (κ3) is 2.94. The summed E-state index contributed by atoms with van der Waals surface area (Å²) in [5.41, 5.74) is 1.09. The van der Waals surface area contributed by atoms with Crippen LogP contribution in [-0.4, -0.2) is 16.0 Å². The summed E-state index contributed by atoms with van der Waals surface area (Å²) in [5.74, 6) is -0.475. The van der Waals surface area contributed by atoms with E-state index in [1.54, 1.807) is 19.9 Å². The first-order valence-corrected chi connectivity index (χ1v) is 6.98. The topological polar surface area (TPSA) is 68.0 Å². The molecule has 2 aromatic heterocycles. The summed E-state index contributed by atoms with van der Waals surface area (Å²) in [4.78, 5) is 16.6. The molecule has 0 spiro atoms. The minimum absolute atomic E-state index is 0.241. The second kappa shape index (κ2) is 5.63.